The van der Waals surface area contributed by atoms with Crippen molar-refractivity contribution < 1.29 is 9.53 Å². The normalized spacial score (nSPS) is 18.3. The molecule has 118 valence electrons. The van der Waals surface area contributed by atoms with Crippen molar-refractivity contribution in [3.05, 3.63) is 29.7 Å². The lowest BCUT2D eigenvalue weighted by molar-refractivity contribution is -0.116. The number of anilines is 1. The van der Waals surface area contributed by atoms with Crippen LogP contribution in [0, 0.1) is 0 Å². The third-order valence-corrected chi connectivity index (χ3v) is 3.86. The molecule has 7 nitrogen and oxygen atoms in total. The highest BCUT2D eigenvalue weighted by Gasteiger charge is 2.18. The fraction of sp³-hybridized carbons (Fsp3) is 0.533. The lowest BCUT2D eigenvalue weighted by atomic mass is 9.99. The number of rotatable bonds is 5. The van der Waals surface area contributed by atoms with Crippen LogP contribution in [0.25, 0.3) is 0 Å². The Morgan fingerprint density at radius 3 is 3.23 bits per heavy atom. The maximum absolute atomic E-state index is 12.0. The summed E-state index contributed by atoms with van der Waals surface area (Å²) in [6.45, 7) is 1.55. The quantitative estimate of drug-likeness (QED) is 0.879. The van der Waals surface area contributed by atoms with Crippen molar-refractivity contribution in [2.75, 3.05) is 18.5 Å². The summed E-state index contributed by atoms with van der Waals surface area (Å²) in [6.07, 6.45) is 6.95. The Morgan fingerprint density at radius 1 is 1.59 bits per heavy atom. The molecule has 2 aromatic rings. The van der Waals surface area contributed by atoms with E-state index < -0.39 is 0 Å². The highest BCUT2D eigenvalue weighted by atomic mass is 16.5. The zero-order valence-corrected chi connectivity index (χ0v) is 12.7. The summed E-state index contributed by atoms with van der Waals surface area (Å²) in [5, 5.41) is 14.1. The Bertz CT molecular complexity index is 627. The van der Waals surface area contributed by atoms with Gasteiger partial charge in [0.15, 0.2) is 5.82 Å². The summed E-state index contributed by atoms with van der Waals surface area (Å²) in [5.74, 6) is 0.890. The largest absolute Gasteiger partial charge is 0.381 e. The van der Waals surface area contributed by atoms with Crippen LogP contribution in [0.1, 0.15) is 36.4 Å². The van der Waals surface area contributed by atoms with Crippen molar-refractivity contribution in [3.63, 3.8) is 0 Å². The summed E-state index contributed by atoms with van der Waals surface area (Å²) in [7, 11) is 1.86. The van der Waals surface area contributed by atoms with Gasteiger partial charge in [0.25, 0.3) is 0 Å². The summed E-state index contributed by atoms with van der Waals surface area (Å²) >= 11 is 0. The molecule has 0 radical (unpaired) electrons. The number of nitrogens with one attached hydrogen (secondary N) is 2. The van der Waals surface area contributed by atoms with E-state index in [-0.39, 0.29) is 5.91 Å². The van der Waals surface area contributed by atoms with Crippen LogP contribution in [0.5, 0.6) is 0 Å². The van der Waals surface area contributed by atoms with Gasteiger partial charge in [0.05, 0.1) is 12.8 Å². The van der Waals surface area contributed by atoms with Crippen LogP contribution < -0.4 is 5.32 Å². The molecule has 0 aromatic carbocycles. The minimum atomic E-state index is -0.0400. The van der Waals surface area contributed by atoms with Gasteiger partial charge >= 0.3 is 0 Å². The lowest BCUT2D eigenvalue weighted by Gasteiger charge is -2.20. The van der Waals surface area contributed by atoms with Crippen LogP contribution >= 0.6 is 0 Å². The molecule has 1 fully saturated rings. The summed E-state index contributed by atoms with van der Waals surface area (Å²) in [4.78, 5) is 12.0. The molecule has 22 heavy (non-hydrogen) atoms. The van der Waals surface area contributed by atoms with Crippen LogP contribution in [-0.4, -0.2) is 39.1 Å². The standard InChI is InChI=1S/C15H21N5O2/c1-20-9-11(8-16-20)4-5-15(21)17-14-7-13(18-19-14)12-3-2-6-22-10-12/h7-9,12H,2-6,10H2,1H3,(H2,17,18,19,21). The molecule has 2 N–H and O–H groups in total. The van der Waals surface area contributed by atoms with E-state index in [4.69, 9.17) is 4.74 Å². The van der Waals surface area contributed by atoms with Gasteiger partial charge in [-0.2, -0.15) is 10.2 Å². The molecule has 7 heteroatoms. The van der Waals surface area contributed by atoms with E-state index in [1.54, 1.807) is 10.9 Å². The van der Waals surface area contributed by atoms with Crippen molar-refractivity contribution in [1.29, 1.82) is 0 Å². The number of hydrogen-bond donors (Lipinski definition) is 2. The first kappa shape index (κ1) is 14.8. The first-order valence-electron chi connectivity index (χ1n) is 7.61. The maximum atomic E-state index is 12.0. The van der Waals surface area contributed by atoms with Crippen LogP contribution in [-0.2, 0) is 23.0 Å². The van der Waals surface area contributed by atoms with Gasteiger partial charge in [-0.15, -0.1) is 0 Å². The van der Waals surface area contributed by atoms with Crippen molar-refractivity contribution in [2.45, 2.75) is 31.6 Å². The second kappa shape index (κ2) is 6.74. The van der Waals surface area contributed by atoms with E-state index in [9.17, 15) is 4.79 Å². The molecule has 1 aliphatic heterocycles. The Balaban J connectivity index is 1.50. The van der Waals surface area contributed by atoms with E-state index >= 15 is 0 Å². The van der Waals surface area contributed by atoms with Gasteiger partial charge in [-0.25, -0.2) is 0 Å². The number of carbonyl (C=O) groups is 1. The van der Waals surface area contributed by atoms with Gasteiger partial charge in [-0.1, -0.05) is 0 Å². The Kier molecular flexibility index (Phi) is 4.53. The number of H-pyrrole nitrogens is 1. The first-order valence-corrected chi connectivity index (χ1v) is 7.61. The summed E-state index contributed by atoms with van der Waals surface area (Å²) < 4.78 is 7.21. The predicted molar refractivity (Wildman–Crippen MR) is 81.5 cm³/mol. The molecule has 1 aliphatic rings. The smallest absolute Gasteiger partial charge is 0.225 e. The molecule has 0 saturated carbocycles. The van der Waals surface area contributed by atoms with Crippen molar-refractivity contribution in [1.82, 2.24) is 20.0 Å². The van der Waals surface area contributed by atoms with Crippen LogP contribution in [0.2, 0.25) is 0 Å². The molecule has 1 amide bonds. The minimum Gasteiger partial charge on any atom is -0.381 e. The molecule has 1 saturated heterocycles. The summed E-state index contributed by atoms with van der Waals surface area (Å²) in [5.41, 5.74) is 2.09. The second-order valence-corrected chi connectivity index (χ2v) is 5.69. The molecule has 1 atom stereocenters. The Morgan fingerprint density at radius 2 is 2.50 bits per heavy atom. The van der Waals surface area contributed by atoms with Crippen LogP contribution in [0.3, 0.4) is 0 Å². The van der Waals surface area contributed by atoms with E-state index in [2.05, 4.69) is 20.6 Å². The van der Waals surface area contributed by atoms with Gasteiger partial charge in [-0.3, -0.25) is 14.6 Å². The monoisotopic (exact) mass is 303 g/mol. The van der Waals surface area contributed by atoms with Gasteiger partial charge < -0.3 is 10.1 Å². The molecule has 1 unspecified atom stereocenters. The number of nitrogens with zero attached hydrogens (tertiary/aromatic N) is 3. The molecule has 0 bridgehead atoms. The van der Waals surface area contributed by atoms with Gasteiger partial charge in [0.2, 0.25) is 5.91 Å². The average molecular weight is 303 g/mol. The molecule has 0 aliphatic carbocycles. The van der Waals surface area contributed by atoms with Crippen LogP contribution in [0.4, 0.5) is 5.82 Å². The fourth-order valence-electron chi connectivity index (χ4n) is 2.66. The van der Waals surface area contributed by atoms with Gasteiger partial charge in [0.1, 0.15) is 0 Å². The average Bonchev–Trinajstić information content (AvgIpc) is 3.15. The zero-order chi connectivity index (χ0) is 15.4. The number of ether oxygens (including phenoxy) is 1. The Hall–Kier alpha value is -2.15. The van der Waals surface area contributed by atoms with E-state index in [0.29, 0.717) is 24.6 Å². The predicted octanol–water partition coefficient (Wildman–Crippen LogP) is 1.61. The Labute approximate surface area is 129 Å². The number of aromatic amines is 1. The molecular formula is C15H21N5O2. The van der Waals surface area contributed by atoms with Crippen molar-refractivity contribution >= 4 is 11.7 Å². The van der Waals surface area contributed by atoms with E-state index in [1.807, 2.05) is 19.3 Å². The van der Waals surface area contributed by atoms with E-state index in [1.165, 1.54) is 0 Å². The second-order valence-electron chi connectivity index (χ2n) is 5.69. The number of amides is 1. The highest BCUT2D eigenvalue weighted by molar-refractivity contribution is 5.89. The third-order valence-electron chi connectivity index (χ3n) is 3.86. The van der Waals surface area contributed by atoms with Gasteiger partial charge in [0, 0.05) is 44.0 Å². The topological polar surface area (TPSA) is 84.8 Å². The van der Waals surface area contributed by atoms with E-state index in [0.717, 1.165) is 37.3 Å². The third kappa shape index (κ3) is 3.73. The van der Waals surface area contributed by atoms with Crippen LogP contribution in [0.15, 0.2) is 18.5 Å². The maximum Gasteiger partial charge on any atom is 0.225 e. The molecule has 0 spiro atoms. The molecule has 3 heterocycles. The minimum absolute atomic E-state index is 0.0400. The number of aromatic nitrogens is 4. The summed E-state index contributed by atoms with van der Waals surface area (Å²) in [6, 6.07) is 1.90. The molecule has 2 aromatic heterocycles. The molecular weight excluding hydrogens is 282 g/mol. The number of hydrogen-bond acceptors (Lipinski definition) is 4. The van der Waals surface area contributed by atoms with Crippen molar-refractivity contribution in [2.24, 2.45) is 7.05 Å². The zero-order valence-electron chi connectivity index (χ0n) is 12.7. The first-order chi connectivity index (χ1) is 10.7. The molecule has 3 rings (SSSR count). The number of carbonyl (C=O) groups excluding carboxylic acids is 1. The number of aryl methyl sites for hydroxylation is 2. The van der Waals surface area contributed by atoms with Gasteiger partial charge in [-0.05, 0) is 24.8 Å². The SMILES string of the molecule is Cn1cc(CCC(=O)Nc2cc(C3CCCOC3)[nH]n2)cn1. The highest BCUT2D eigenvalue weighted by Crippen LogP contribution is 2.25. The lowest BCUT2D eigenvalue weighted by Crippen LogP contribution is -2.15. The fourth-order valence-corrected chi connectivity index (χ4v) is 2.66. The van der Waals surface area contributed by atoms with Crippen molar-refractivity contribution in [3.8, 4) is 0 Å².